The topological polar surface area (TPSA) is 71.5 Å². The van der Waals surface area contributed by atoms with E-state index in [1.807, 2.05) is 31.2 Å². The summed E-state index contributed by atoms with van der Waals surface area (Å²) in [6.07, 6.45) is 1.68. The van der Waals surface area contributed by atoms with E-state index in [1.165, 1.54) is 0 Å². The highest BCUT2D eigenvalue weighted by atomic mass is 16.5. The van der Waals surface area contributed by atoms with E-state index in [0.29, 0.717) is 30.1 Å². The van der Waals surface area contributed by atoms with Gasteiger partial charge in [-0.3, -0.25) is 9.78 Å². The van der Waals surface area contributed by atoms with E-state index in [-0.39, 0.29) is 18.4 Å². The number of carbonyl (C=O) groups excluding carboxylic acids is 1. The van der Waals surface area contributed by atoms with Crippen LogP contribution < -0.4 is 10.1 Å². The molecule has 0 aliphatic heterocycles. The molecule has 0 saturated carbocycles. The van der Waals surface area contributed by atoms with Crippen LogP contribution in [0.3, 0.4) is 0 Å². The number of ether oxygens (including phenoxy) is 1. The fourth-order valence-corrected chi connectivity index (χ4v) is 3.08. The molecule has 0 aliphatic rings. The minimum atomic E-state index is -0.116. The highest BCUT2D eigenvalue weighted by molar-refractivity contribution is 5.98. The van der Waals surface area contributed by atoms with Crippen LogP contribution in [-0.2, 0) is 0 Å². The molecule has 0 fully saturated rings. The molecule has 5 nitrogen and oxygen atoms in total. The van der Waals surface area contributed by atoms with Gasteiger partial charge in [0.05, 0.1) is 23.9 Å². The maximum absolute atomic E-state index is 12.6. The molecule has 0 spiro atoms. The molecule has 2 aromatic rings. The van der Waals surface area contributed by atoms with E-state index < -0.39 is 0 Å². The normalized spacial score (nSPS) is 12.4. The first-order chi connectivity index (χ1) is 11.9. The average molecular weight is 344 g/mol. The van der Waals surface area contributed by atoms with Gasteiger partial charge in [-0.05, 0) is 49.8 Å². The maximum atomic E-state index is 12.6. The monoisotopic (exact) mass is 344 g/mol. The first kappa shape index (κ1) is 19.2. The van der Waals surface area contributed by atoms with Crippen molar-refractivity contribution in [2.24, 2.45) is 11.8 Å². The SMILES string of the molecule is COc1ccc2cc(C(=O)NCC(CCO)CC(C)C)c(C)nc2c1. The van der Waals surface area contributed by atoms with Crippen LogP contribution in [0.2, 0.25) is 0 Å². The molecule has 5 heteroatoms. The fraction of sp³-hybridized carbons (Fsp3) is 0.500. The molecule has 2 N–H and O–H groups in total. The number of nitrogens with zero attached hydrogens (tertiary/aromatic N) is 1. The summed E-state index contributed by atoms with van der Waals surface area (Å²) in [5.41, 5.74) is 2.09. The Labute approximate surface area is 149 Å². The summed E-state index contributed by atoms with van der Waals surface area (Å²) in [7, 11) is 1.62. The summed E-state index contributed by atoms with van der Waals surface area (Å²) in [5.74, 6) is 1.45. The zero-order valence-corrected chi connectivity index (χ0v) is 15.5. The number of methoxy groups -OCH3 is 1. The van der Waals surface area contributed by atoms with Crippen LogP contribution in [0.15, 0.2) is 24.3 Å². The van der Waals surface area contributed by atoms with Crippen molar-refractivity contribution >= 4 is 16.8 Å². The third kappa shape index (κ3) is 5.16. The Kier molecular flexibility index (Phi) is 6.76. The van der Waals surface area contributed by atoms with E-state index >= 15 is 0 Å². The number of aromatic nitrogens is 1. The Morgan fingerprint density at radius 3 is 2.72 bits per heavy atom. The second-order valence-electron chi connectivity index (χ2n) is 6.90. The van der Waals surface area contributed by atoms with E-state index in [4.69, 9.17) is 4.74 Å². The molecular weight excluding hydrogens is 316 g/mol. The van der Waals surface area contributed by atoms with Crippen LogP contribution in [0.4, 0.5) is 0 Å². The van der Waals surface area contributed by atoms with Crippen LogP contribution in [0, 0.1) is 18.8 Å². The molecular formula is C20H28N2O3. The maximum Gasteiger partial charge on any atom is 0.253 e. The lowest BCUT2D eigenvalue weighted by Gasteiger charge is -2.19. The van der Waals surface area contributed by atoms with Gasteiger partial charge in [-0.15, -0.1) is 0 Å². The highest BCUT2D eigenvalue weighted by Crippen LogP contribution is 2.22. The van der Waals surface area contributed by atoms with Crippen molar-refractivity contribution in [2.75, 3.05) is 20.3 Å². The molecule has 1 unspecified atom stereocenters. The Morgan fingerprint density at radius 1 is 1.32 bits per heavy atom. The van der Waals surface area contributed by atoms with Gasteiger partial charge in [0.25, 0.3) is 5.91 Å². The van der Waals surface area contributed by atoms with E-state index in [9.17, 15) is 9.90 Å². The Hall–Kier alpha value is -2.14. The van der Waals surface area contributed by atoms with Gasteiger partial charge < -0.3 is 15.2 Å². The van der Waals surface area contributed by atoms with Gasteiger partial charge in [-0.2, -0.15) is 0 Å². The van der Waals surface area contributed by atoms with Crippen molar-refractivity contribution in [1.29, 1.82) is 0 Å². The van der Waals surface area contributed by atoms with Gasteiger partial charge in [0.1, 0.15) is 5.75 Å². The summed E-state index contributed by atoms with van der Waals surface area (Å²) in [5, 5.41) is 13.1. The number of amides is 1. The van der Waals surface area contributed by atoms with Crippen LogP contribution >= 0.6 is 0 Å². The molecule has 1 amide bonds. The zero-order chi connectivity index (χ0) is 18.4. The van der Waals surface area contributed by atoms with Crippen molar-refractivity contribution in [3.8, 4) is 5.75 Å². The number of hydrogen-bond acceptors (Lipinski definition) is 4. The molecule has 0 aliphatic carbocycles. The molecule has 1 aromatic carbocycles. The first-order valence-electron chi connectivity index (χ1n) is 8.79. The fourth-order valence-electron chi connectivity index (χ4n) is 3.08. The third-order valence-corrected chi connectivity index (χ3v) is 4.35. The minimum Gasteiger partial charge on any atom is -0.497 e. The van der Waals surface area contributed by atoms with Gasteiger partial charge in [0, 0.05) is 24.6 Å². The number of aryl methyl sites for hydroxylation is 1. The molecule has 1 aromatic heterocycles. The van der Waals surface area contributed by atoms with Crippen LogP contribution in [-0.4, -0.2) is 36.3 Å². The second-order valence-corrected chi connectivity index (χ2v) is 6.90. The van der Waals surface area contributed by atoms with Gasteiger partial charge in [-0.25, -0.2) is 0 Å². The zero-order valence-electron chi connectivity index (χ0n) is 15.5. The summed E-state index contributed by atoms with van der Waals surface area (Å²) >= 11 is 0. The number of pyridine rings is 1. The lowest BCUT2D eigenvalue weighted by molar-refractivity contribution is 0.0940. The van der Waals surface area contributed by atoms with Crippen LogP contribution in [0.25, 0.3) is 10.9 Å². The van der Waals surface area contributed by atoms with Crippen LogP contribution in [0.5, 0.6) is 5.75 Å². The predicted octanol–water partition coefficient (Wildman–Crippen LogP) is 3.33. The number of carbonyl (C=O) groups is 1. The summed E-state index contributed by atoms with van der Waals surface area (Å²) in [6, 6.07) is 7.51. The molecule has 0 bridgehead atoms. The average Bonchev–Trinajstić information content (AvgIpc) is 2.58. The van der Waals surface area contributed by atoms with E-state index in [0.717, 1.165) is 23.1 Å². The van der Waals surface area contributed by atoms with Crippen LogP contribution in [0.1, 0.15) is 42.7 Å². The number of fused-ring (bicyclic) bond motifs is 1. The lowest BCUT2D eigenvalue weighted by atomic mass is 9.94. The Bertz CT molecular complexity index is 728. The number of benzene rings is 1. The second kappa shape index (κ2) is 8.81. The highest BCUT2D eigenvalue weighted by Gasteiger charge is 2.15. The summed E-state index contributed by atoms with van der Waals surface area (Å²) < 4.78 is 5.22. The lowest BCUT2D eigenvalue weighted by Crippen LogP contribution is -2.31. The third-order valence-electron chi connectivity index (χ3n) is 4.35. The van der Waals surface area contributed by atoms with Crippen molar-refractivity contribution in [2.45, 2.75) is 33.6 Å². The Morgan fingerprint density at radius 2 is 2.08 bits per heavy atom. The quantitative estimate of drug-likeness (QED) is 0.770. The molecule has 1 atom stereocenters. The van der Waals surface area contributed by atoms with Crippen molar-refractivity contribution in [1.82, 2.24) is 10.3 Å². The number of aliphatic hydroxyl groups excluding tert-OH is 1. The molecule has 0 saturated heterocycles. The largest absolute Gasteiger partial charge is 0.497 e. The minimum absolute atomic E-state index is 0.116. The van der Waals surface area contributed by atoms with Gasteiger partial charge in [0.2, 0.25) is 0 Å². The molecule has 136 valence electrons. The molecule has 2 rings (SSSR count). The predicted molar refractivity (Wildman–Crippen MR) is 100 cm³/mol. The number of aliphatic hydroxyl groups is 1. The molecule has 0 radical (unpaired) electrons. The first-order valence-corrected chi connectivity index (χ1v) is 8.79. The van der Waals surface area contributed by atoms with Crippen molar-refractivity contribution in [3.63, 3.8) is 0 Å². The van der Waals surface area contributed by atoms with Crippen molar-refractivity contribution < 1.29 is 14.6 Å². The van der Waals surface area contributed by atoms with Gasteiger partial charge in [-0.1, -0.05) is 13.8 Å². The smallest absolute Gasteiger partial charge is 0.253 e. The van der Waals surface area contributed by atoms with Gasteiger partial charge in [0.15, 0.2) is 0 Å². The Balaban J connectivity index is 2.14. The number of rotatable bonds is 8. The summed E-state index contributed by atoms with van der Waals surface area (Å²) in [6.45, 7) is 6.85. The molecule has 1 heterocycles. The molecule has 25 heavy (non-hydrogen) atoms. The van der Waals surface area contributed by atoms with E-state index in [1.54, 1.807) is 7.11 Å². The number of hydrogen-bond donors (Lipinski definition) is 2. The summed E-state index contributed by atoms with van der Waals surface area (Å²) in [4.78, 5) is 17.1. The van der Waals surface area contributed by atoms with Crippen molar-refractivity contribution in [3.05, 3.63) is 35.5 Å². The number of nitrogens with one attached hydrogen (secondary N) is 1. The van der Waals surface area contributed by atoms with Gasteiger partial charge >= 0.3 is 0 Å². The van der Waals surface area contributed by atoms with E-state index in [2.05, 4.69) is 24.1 Å². The standard InChI is InChI=1S/C20H28N2O3/c1-13(2)9-15(7-8-23)12-21-20(24)18-10-16-5-6-17(25-4)11-19(16)22-14(18)3/h5-6,10-11,13,15,23H,7-9,12H2,1-4H3,(H,21,24).